The summed E-state index contributed by atoms with van der Waals surface area (Å²) < 4.78 is 0. The van der Waals surface area contributed by atoms with Crippen LogP contribution >= 0.6 is 0 Å². The molecule has 0 bridgehead atoms. The Morgan fingerprint density at radius 2 is 1.58 bits per heavy atom. The van der Waals surface area contributed by atoms with Crippen molar-refractivity contribution < 1.29 is 9.59 Å². The third kappa shape index (κ3) is 4.39. The van der Waals surface area contributed by atoms with Crippen molar-refractivity contribution in [3.8, 4) is 0 Å². The van der Waals surface area contributed by atoms with Crippen LogP contribution in [-0.4, -0.2) is 17.9 Å². The highest BCUT2D eigenvalue weighted by atomic mass is 16.2. The highest BCUT2D eigenvalue weighted by Gasteiger charge is 2.38. The van der Waals surface area contributed by atoms with Gasteiger partial charge < -0.3 is 11.1 Å². The van der Waals surface area contributed by atoms with E-state index in [0.717, 1.165) is 24.0 Å². The van der Waals surface area contributed by atoms with Gasteiger partial charge in [0.15, 0.2) is 0 Å². The number of primary amides is 1. The zero-order valence-corrected chi connectivity index (χ0v) is 15.2. The third-order valence-electron chi connectivity index (χ3n) is 4.71. The van der Waals surface area contributed by atoms with Crippen LogP contribution in [0.25, 0.3) is 0 Å². The molecule has 0 aromatic heterocycles. The van der Waals surface area contributed by atoms with E-state index in [1.165, 1.54) is 0 Å². The quantitative estimate of drug-likeness (QED) is 0.538. The van der Waals surface area contributed by atoms with E-state index in [0.29, 0.717) is 6.42 Å². The predicted molar refractivity (Wildman–Crippen MR) is 105 cm³/mol. The van der Waals surface area contributed by atoms with Crippen LogP contribution in [0.15, 0.2) is 73.3 Å². The number of nitrogens with one attached hydrogen (secondary N) is 1. The summed E-state index contributed by atoms with van der Waals surface area (Å²) in [5, 5.41) is 2.87. The van der Waals surface area contributed by atoms with Crippen LogP contribution in [0.3, 0.4) is 0 Å². The van der Waals surface area contributed by atoms with E-state index in [-0.39, 0.29) is 5.91 Å². The first-order valence-corrected chi connectivity index (χ1v) is 8.82. The average molecular weight is 350 g/mol. The van der Waals surface area contributed by atoms with Crippen molar-refractivity contribution >= 4 is 11.8 Å². The van der Waals surface area contributed by atoms with E-state index >= 15 is 0 Å². The van der Waals surface area contributed by atoms with Crippen molar-refractivity contribution in [1.29, 1.82) is 0 Å². The van der Waals surface area contributed by atoms with Gasteiger partial charge in [-0.1, -0.05) is 66.7 Å². The van der Waals surface area contributed by atoms with Crippen LogP contribution in [0.1, 0.15) is 37.3 Å². The lowest BCUT2D eigenvalue weighted by atomic mass is 9.75. The van der Waals surface area contributed by atoms with Gasteiger partial charge >= 0.3 is 0 Å². The SMILES string of the molecule is C=CCCC[C@@H](NC(=O)C(C)(c1ccccc1)c1ccccc1)C(N)=O. The van der Waals surface area contributed by atoms with Crippen molar-refractivity contribution in [2.75, 3.05) is 0 Å². The minimum Gasteiger partial charge on any atom is -0.368 e. The summed E-state index contributed by atoms with van der Waals surface area (Å²) in [7, 11) is 0. The standard InChI is InChI=1S/C22H26N2O2/c1-3-4-7-16-19(20(23)25)24-21(26)22(2,17-12-8-5-9-13-17)18-14-10-6-11-15-18/h3,5-6,8-15,19H,1,4,7,16H2,2H3,(H2,23,25)(H,24,26)/t19-/m1/s1. The summed E-state index contributed by atoms with van der Waals surface area (Å²) in [6.45, 7) is 5.55. The maximum absolute atomic E-state index is 13.3. The van der Waals surface area contributed by atoms with E-state index in [2.05, 4.69) is 11.9 Å². The number of hydrogen-bond donors (Lipinski definition) is 2. The Hall–Kier alpha value is -2.88. The van der Waals surface area contributed by atoms with Crippen LogP contribution in [0.2, 0.25) is 0 Å². The number of unbranched alkanes of at least 4 members (excludes halogenated alkanes) is 1. The molecule has 0 saturated carbocycles. The second-order valence-electron chi connectivity index (χ2n) is 6.51. The lowest BCUT2D eigenvalue weighted by Crippen LogP contribution is -2.51. The van der Waals surface area contributed by atoms with Crippen molar-refractivity contribution in [1.82, 2.24) is 5.32 Å². The molecule has 0 spiro atoms. The molecule has 3 N–H and O–H groups in total. The van der Waals surface area contributed by atoms with Gasteiger partial charge in [-0.05, 0) is 37.3 Å². The summed E-state index contributed by atoms with van der Waals surface area (Å²) in [6.07, 6.45) is 3.80. The summed E-state index contributed by atoms with van der Waals surface area (Å²) >= 11 is 0. The van der Waals surface area contributed by atoms with Gasteiger partial charge in [0.1, 0.15) is 6.04 Å². The number of benzene rings is 2. The zero-order valence-electron chi connectivity index (χ0n) is 15.2. The number of allylic oxidation sites excluding steroid dienone is 1. The fourth-order valence-electron chi connectivity index (χ4n) is 3.03. The molecule has 0 saturated heterocycles. The molecule has 2 aromatic carbocycles. The minimum absolute atomic E-state index is 0.239. The van der Waals surface area contributed by atoms with Crippen LogP contribution in [-0.2, 0) is 15.0 Å². The minimum atomic E-state index is -0.922. The maximum atomic E-state index is 13.3. The van der Waals surface area contributed by atoms with Gasteiger partial charge in [0.2, 0.25) is 11.8 Å². The topological polar surface area (TPSA) is 72.2 Å². The molecule has 2 amide bonds. The van der Waals surface area contributed by atoms with Gasteiger partial charge in [-0.2, -0.15) is 0 Å². The molecule has 2 rings (SSSR count). The van der Waals surface area contributed by atoms with Gasteiger partial charge in [0, 0.05) is 0 Å². The molecule has 0 aliphatic heterocycles. The molecule has 4 heteroatoms. The summed E-state index contributed by atoms with van der Waals surface area (Å²) in [5.41, 5.74) is 6.30. The number of amides is 2. The molecule has 0 radical (unpaired) electrons. The smallest absolute Gasteiger partial charge is 0.240 e. The maximum Gasteiger partial charge on any atom is 0.240 e. The van der Waals surface area contributed by atoms with Crippen molar-refractivity contribution in [2.45, 2.75) is 37.6 Å². The third-order valence-corrected chi connectivity index (χ3v) is 4.71. The first-order chi connectivity index (χ1) is 12.5. The van der Waals surface area contributed by atoms with Gasteiger partial charge in [-0.15, -0.1) is 6.58 Å². The Morgan fingerprint density at radius 1 is 1.08 bits per heavy atom. The van der Waals surface area contributed by atoms with Crippen LogP contribution in [0, 0.1) is 0 Å². The second-order valence-corrected chi connectivity index (χ2v) is 6.51. The Morgan fingerprint density at radius 3 is 2.00 bits per heavy atom. The highest BCUT2D eigenvalue weighted by Crippen LogP contribution is 2.32. The number of nitrogens with two attached hydrogens (primary N) is 1. The number of carbonyl (C=O) groups excluding carboxylic acids is 2. The fraction of sp³-hybridized carbons (Fsp3) is 0.273. The number of carbonyl (C=O) groups is 2. The van der Waals surface area contributed by atoms with E-state index in [4.69, 9.17) is 5.73 Å². The predicted octanol–water partition coefficient (Wildman–Crippen LogP) is 3.32. The van der Waals surface area contributed by atoms with Crippen molar-refractivity contribution in [2.24, 2.45) is 5.73 Å². The van der Waals surface area contributed by atoms with Crippen molar-refractivity contribution in [3.63, 3.8) is 0 Å². The van der Waals surface area contributed by atoms with E-state index in [1.54, 1.807) is 6.08 Å². The molecular weight excluding hydrogens is 324 g/mol. The summed E-state index contributed by atoms with van der Waals surface area (Å²) in [6, 6.07) is 18.4. The lowest BCUT2D eigenvalue weighted by molar-refractivity contribution is -0.130. The van der Waals surface area contributed by atoms with E-state index in [9.17, 15) is 9.59 Å². The molecule has 26 heavy (non-hydrogen) atoms. The van der Waals surface area contributed by atoms with E-state index in [1.807, 2.05) is 67.6 Å². The molecule has 0 unspecified atom stereocenters. The first kappa shape index (κ1) is 19.4. The largest absolute Gasteiger partial charge is 0.368 e. The monoisotopic (exact) mass is 350 g/mol. The van der Waals surface area contributed by atoms with Gasteiger partial charge in [-0.25, -0.2) is 0 Å². The van der Waals surface area contributed by atoms with Gasteiger partial charge in [0.25, 0.3) is 0 Å². The molecule has 0 aliphatic carbocycles. The van der Waals surface area contributed by atoms with Crippen LogP contribution in [0.4, 0.5) is 0 Å². The van der Waals surface area contributed by atoms with Gasteiger partial charge in [-0.3, -0.25) is 9.59 Å². The average Bonchev–Trinajstić information content (AvgIpc) is 2.67. The van der Waals surface area contributed by atoms with Gasteiger partial charge in [0.05, 0.1) is 5.41 Å². The first-order valence-electron chi connectivity index (χ1n) is 8.82. The molecule has 0 heterocycles. The normalized spacial score (nSPS) is 12.2. The summed E-state index contributed by atoms with van der Waals surface area (Å²) in [4.78, 5) is 25.1. The van der Waals surface area contributed by atoms with Crippen molar-refractivity contribution in [3.05, 3.63) is 84.4 Å². The molecule has 136 valence electrons. The molecule has 4 nitrogen and oxygen atoms in total. The van der Waals surface area contributed by atoms with E-state index < -0.39 is 17.4 Å². The molecule has 2 aromatic rings. The number of hydrogen-bond acceptors (Lipinski definition) is 2. The lowest BCUT2D eigenvalue weighted by Gasteiger charge is -2.31. The fourth-order valence-corrected chi connectivity index (χ4v) is 3.03. The van der Waals surface area contributed by atoms with Crippen LogP contribution in [0.5, 0.6) is 0 Å². The summed E-state index contributed by atoms with van der Waals surface area (Å²) in [5.74, 6) is -0.761. The Bertz CT molecular complexity index is 702. The Kier molecular flexibility index (Phi) is 6.73. The number of rotatable bonds is 9. The Labute approximate surface area is 155 Å². The highest BCUT2D eigenvalue weighted by molar-refractivity contribution is 5.95. The molecule has 0 fully saturated rings. The van der Waals surface area contributed by atoms with Crippen LogP contribution < -0.4 is 11.1 Å². The molecular formula is C22H26N2O2. The second kappa shape index (κ2) is 8.99. The zero-order chi connectivity index (χ0) is 19.0. The Balaban J connectivity index is 2.34. The molecule has 0 aliphatic rings. The molecule has 1 atom stereocenters.